The lowest BCUT2D eigenvalue weighted by atomic mass is 9.71. The van der Waals surface area contributed by atoms with Gasteiger partial charge in [0, 0.05) is 19.0 Å². The van der Waals surface area contributed by atoms with E-state index in [1.165, 1.54) is 12.1 Å². The molecule has 1 amide bonds. The summed E-state index contributed by atoms with van der Waals surface area (Å²) in [6, 6.07) is 4.41. The van der Waals surface area contributed by atoms with Crippen molar-refractivity contribution in [3.05, 3.63) is 23.8 Å². The lowest BCUT2D eigenvalue weighted by Gasteiger charge is -2.47. The zero-order chi connectivity index (χ0) is 15.0. The SMILES string of the molecule is O=C(c1cccc(O)c1O)N1CCC2(O)CCCCC2C1. The van der Waals surface area contributed by atoms with E-state index in [4.69, 9.17) is 0 Å². The third-order valence-electron chi connectivity index (χ3n) is 4.96. The molecule has 3 rings (SSSR count). The molecule has 5 nitrogen and oxygen atoms in total. The molecule has 0 radical (unpaired) electrons. The molecule has 114 valence electrons. The van der Waals surface area contributed by atoms with E-state index >= 15 is 0 Å². The average molecular weight is 291 g/mol. The molecule has 3 N–H and O–H groups in total. The monoisotopic (exact) mass is 291 g/mol. The number of aromatic hydroxyl groups is 2. The summed E-state index contributed by atoms with van der Waals surface area (Å²) >= 11 is 0. The minimum absolute atomic E-state index is 0.114. The first-order chi connectivity index (χ1) is 10.0. The van der Waals surface area contributed by atoms with Crippen LogP contribution in [0.2, 0.25) is 0 Å². The third kappa shape index (κ3) is 2.46. The molecule has 2 atom stereocenters. The van der Waals surface area contributed by atoms with Gasteiger partial charge in [0.2, 0.25) is 0 Å². The minimum Gasteiger partial charge on any atom is -0.504 e. The topological polar surface area (TPSA) is 81.0 Å². The number of nitrogens with zero attached hydrogens (tertiary/aromatic N) is 1. The number of fused-ring (bicyclic) bond motifs is 1. The third-order valence-corrected chi connectivity index (χ3v) is 4.96. The van der Waals surface area contributed by atoms with Gasteiger partial charge in [0.1, 0.15) is 0 Å². The highest BCUT2D eigenvalue weighted by molar-refractivity contribution is 5.97. The van der Waals surface area contributed by atoms with Crippen molar-refractivity contribution in [2.45, 2.75) is 37.7 Å². The second-order valence-electron chi connectivity index (χ2n) is 6.22. The van der Waals surface area contributed by atoms with Gasteiger partial charge in [-0.1, -0.05) is 18.9 Å². The molecule has 1 saturated carbocycles. The molecule has 1 aliphatic carbocycles. The second kappa shape index (κ2) is 5.22. The molecular weight excluding hydrogens is 270 g/mol. The molecule has 0 aromatic heterocycles. The van der Waals surface area contributed by atoms with Gasteiger partial charge in [-0.05, 0) is 31.4 Å². The molecule has 21 heavy (non-hydrogen) atoms. The van der Waals surface area contributed by atoms with Crippen LogP contribution in [0.25, 0.3) is 0 Å². The Morgan fingerprint density at radius 2 is 2.05 bits per heavy atom. The quantitative estimate of drug-likeness (QED) is 0.690. The lowest BCUT2D eigenvalue weighted by Crippen LogP contribution is -2.54. The highest BCUT2D eigenvalue weighted by Crippen LogP contribution is 2.40. The van der Waals surface area contributed by atoms with Crippen LogP contribution in [0.1, 0.15) is 42.5 Å². The van der Waals surface area contributed by atoms with Crippen molar-refractivity contribution in [3.8, 4) is 11.5 Å². The van der Waals surface area contributed by atoms with E-state index < -0.39 is 5.60 Å². The maximum atomic E-state index is 12.5. The summed E-state index contributed by atoms with van der Waals surface area (Å²) in [5.41, 5.74) is -0.508. The fourth-order valence-corrected chi connectivity index (χ4v) is 3.63. The Labute approximate surface area is 123 Å². The predicted molar refractivity (Wildman–Crippen MR) is 77.2 cm³/mol. The van der Waals surface area contributed by atoms with E-state index in [0.29, 0.717) is 19.5 Å². The average Bonchev–Trinajstić information content (AvgIpc) is 2.48. The first-order valence-electron chi connectivity index (χ1n) is 7.54. The Hall–Kier alpha value is -1.75. The molecule has 2 unspecified atom stereocenters. The van der Waals surface area contributed by atoms with E-state index in [0.717, 1.165) is 25.7 Å². The van der Waals surface area contributed by atoms with Crippen molar-refractivity contribution in [1.82, 2.24) is 4.90 Å². The first kappa shape index (κ1) is 14.2. The molecule has 2 aliphatic rings. The number of piperidine rings is 1. The van der Waals surface area contributed by atoms with Gasteiger partial charge in [-0.3, -0.25) is 4.79 Å². The molecule has 0 spiro atoms. The van der Waals surface area contributed by atoms with E-state index in [2.05, 4.69) is 0 Å². The van der Waals surface area contributed by atoms with E-state index in [-0.39, 0.29) is 28.9 Å². The minimum atomic E-state index is -0.629. The maximum Gasteiger partial charge on any atom is 0.257 e. The Morgan fingerprint density at radius 3 is 2.86 bits per heavy atom. The number of benzene rings is 1. The highest BCUT2D eigenvalue weighted by atomic mass is 16.3. The standard InChI is InChI=1S/C16H21NO4/c18-13-6-3-5-12(14(13)19)15(20)17-9-8-16(21)7-2-1-4-11(16)10-17/h3,5-6,11,18-19,21H,1-2,4,7-10H2. The molecule has 1 saturated heterocycles. The number of phenols is 2. The van der Waals surface area contributed by atoms with Crippen LogP contribution in [0.4, 0.5) is 0 Å². The van der Waals surface area contributed by atoms with Crippen LogP contribution in [0.3, 0.4) is 0 Å². The van der Waals surface area contributed by atoms with Crippen LogP contribution in [-0.4, -0.2) is 44.8 Å². The van der Waals surface area contributed by atoms with Gasteiger partial charge in [0.15, 0.2) is 11.5 Å². The molecule has 2 fully saturated rings. The maximum absolute atomic E-state index is 12.5. The van der Waals surface area contributed by atoms with E-state index in [1.807, 2.05) is 0 Å². The summed E-state index contributed by atoms with van der Waals surface area (Å²) in [6.45, 7) is 1.01. The van der Waals surface area contributed by atoms with Crippen molar-refractivity contribution in [2.75, 3.05) is 13.1 Å². The number of hydrogen-bond acceptors (Lipinski definition) is 4. The van der Waals surface area contributed by atoms with Crippen LogP contribution in [0.15, 0.2) is 18.2 Å². The van der Waals surface area contributed by atoms with Gasteiger partial charge in [0.05, 0.1) is 11.2 Å². The summed E-state index contributed by atoms with van der Waals surface area (Å²) < 4.78 is 0. The van der Waals surface area contributed by atoms with Gasteiger partial charge in [-0.2, -0.15) is 0 Å². The fourth-order valence-electron chi connectivity index (χ4n) is 3.63. The van der Waals surface area contributed by atoms with Crippen LogP contribution >= 0.6 is 0 Å². The molecule has 1 aromatic rings. The molecule has 1 heterocycles. The first-order valence-corrected chi connectivity index (χ1v) is 7.54. The Kier molecular flexibility index (Phi) is 3.53. The summed E-state index contributed by atoms with van der Waals surface area (Å²) in [4.78, 5) is 14.2. The summed E-state index contributed by atoms with van der Waals surface area (Å²) in [5.74, 6) is -0.821. The van der Waals surface area contributed by atoms with Crippen molar-refractivity contribution < 1.29 is 20.1 Å². The highest BCUT2D eigenvalue weighted by Gasteiger charge is 2.44. The summed E-state index contributed by atoms with van der Waals surface area (Å²) in [7, 11) is 0. The second-order valence-corrected chi connectivity index (χ2v) is 6.22. The molecule has 1 aliphatic heterocycles. The van der Waals surface area contributed by atoms with Crippen molar-refractivity contribution >= 4 is 5.91 Å². The number of amides is 1. The molecule has 0 bridgehead atoms. The normalized spacial score (nSPS) is 29.0. The summed E-state index contributed by atoms with van der Waals surface area (Å²) in [5, 5.41) is 30.0. The molecule has 5 heteroatoms. The molecular formula is C16H21NO4. The zero-order valence-corrected chi connectivity index (χ0v) is 12.0. The Morgan fingerprint density at radius 1 is 1.24 bits per heavy atom. The van der Waals surface area contributed by atoms with Crippen LogP contribution < -0.4 is 0 Å². The number of aliphatic hydroxyl groups is 1. The van der Waals surface area contributed by atoms with Crippen LogP contribution in [0, 0.1) is 5.92 Å². The number of carbonyl (C=O) groups excluding carboxylic acids is 1. The predicted octanol–water partition coefficient (Wildman–Crippen LogP) is 1.86. The van der Waals surface area contributed by atoms with Gasteiger partial charge < -0.3 is 20.2 Å². The largest absolute Gasteiger partial charge is 0.504 e. The lowest BCUT2D eigenvalue weighted by molar-refractivity contribution is -0.0886. The van der Waals surface area contributed by atoms with Crippen LogP contribution in [0.5, 0.6) is 11.5 Å². The van der Waals surface area contributed by atoms with Gasteiger partial charge >= 0.3 is 0 Å². The number of phenolic OH excluding ortho intramolecular Hbond substituents is 2. The number of rotatable bonds is 1. The number of likely N-dealkylation sites (tertiary alicyclic amines) is 1. The summed E-state index contributed by atoms with van der Waals surface area (Å²) in [6.07, 6.45) is 4.48. The number of carbonyl (C=O) groups is 1. The van der Waals surface area contributed by atoms with Crippen LogP contribution in [-0.2, 0) is 0 Å². The molecule has 1 aromatic carbocycles. The van der Waals surface area contributed by atoms with Gasteiger partial charge in [0.25, 0.3) is 5.91 Å². The zero-order valence-electron chi connectivity index (χ0n) is 12.0. The fraction of sp³-hybridized carbons (Fsp3) is 0.562. The number of para-hydroxylation sites is 1. The van der Waals surface area contributed by atoms with Crippen molar-refractivity contribution in [3.63, 3.8) is 0 Å². The van der Waals surface area contributed by atoms with Gasteiger partial charge in [-0.15, -0.1) is 0 Å². The van der Waals surface area contributed by atoms with Gasteiger partial charge in [-0.25, -0.2) is 0 Å². The van der Waals surface area contributed by atoms with E-state index in [9.17, 15) is 20.1 Å². The smallest absolute Gasteiger partial charge is 0.257 e. The van der Waals surface area contributed by atoms with Crippen molar-refractivity contribution in [2.24, 2.45) is 5.92 Å². The van der Waals surface area contributed by atoms with Crippen molar-refractivity contribution in [1.29, 1.82) is 0 Å². The number of hydrogen-bond donors (Lipinski definition) is 3. The van der Waals surface area contributed by atoms with E-state index in [1.54, 1.807) is 11.0 Å². The Bertz CT molecular complexity index is 559. The Balaban J connectivity index is 1.79.